The largest absolute Gasteiger partial charge is 0.387 e. The highest BCUT2D eigenvalue weighted by molar-refractivity contribution is 5.85. The molecule has 0 saturated carbocycles. The van der Waals surface area contributed by atoms with Crippen LogP contribution in [0.3, 0.4) is 0 Å². The van der Waals surface area contributed by atoms with E-state index in [2.05, 4.69) is 5.32 Å². The molecule has 1 aromatic carbocycles. The highest BCUT2D eigenvalue weighted by Crippen LogP contribution is 2.12. The molecule has 0 radical (unpaired) electrons. The zero-order chi connectivity index (χ0) is 13.5. The number of aliphatic hydroxyl groups is 1. The number of nitrogens with two attached hydrogens (primary N) is 1. The van der Waals surface area contributed by atoms with E-state index >= 15 is 0 Å². The van der Waals surface area contributed by atoms with E-state index in [-0.39, 0.29) is 24.9 Å². The van der Waals surface area contributed by atoms with Crippen LogP contribution in [-0.2, 0) is 4.79 Å². The fourth-order valence-electron chi connectivity index (χ4n) is 1.60. The molecule has 4 nitrogen and oxygen atoms in total. The lowest BCUT2D eigenvalue weighted by Crippen LogP contribution is -2.42. The first kappa shape index (κ1) is 17.8. The Morgan fingerprint density at radius 2 is 2.21 bits per heavy atom. The lowest BCUT2D eigenvalue weighted by Gasteiger charge is -2.15. The van der Waals surface area contributed by atoms with Gasteiger partial charge in [0.1, 0.15) is 5.82 Å². The summed E-state index contributed by atoms with van der Waals surface area (Å²) in [6.07, 6.45) is 0.488. The molecule has 0 aliphatic heterocycles. The first-order valence-electron chi connectivity index (χ1n) is 6.01. The highest BCUT2D eigenvalue weighted by Gasteiger charge is 2.14. The molecule has 19 heavy (non-hydrogen) atoms. The molecule has 0 bridgehead atoms. The van der Waals surface area contributed by atoms with Gasteiger partial charge in [0.25, 0.3) is 0 Å². The molecule has 1 rings (SSSR count). The van der Waals surface area contributed by atoms with Gasteiger partial charge in [0.05, 0.1) is 12.1 Å². The van der Waals surface area contributed by atoms with Gasteiger partial charge in [-0.05, 0) is 24.1 Å². The average Bonchev–Trinajstić information content (AvgIpc) is 2.35. The minimum Gasteiger partial charge on any atom is -0.387 e. The van der Waals surface area contributed by atoms with Crippen molar-refractivity contribution in [2.45, 2.75) is 31.9 Å². The molecule has 2 unspecified atom stereocenters. The first-order chi connectivity index (χ1) is 8.54. The highest BCUT2D eigenvalue weighted by atomic mass is 35.5. The van der Waals surface area contributed by atoms with Crippen molar-refractivity contribution in [3.8, 4) is 0 Å². The molecule has 0 aromatic heterocycles. The lowest BCUT2D eigenvalue weighted by atomic mass is 10.1. The number of carbonyl (C=O) groups excluding carboxylic acids is 1. The number of aliphatic hydroxyl groups excluding tert-OH is 1. The van der Waals surface area contributed by atoms with Gasteiger partial charge in [-0.15, -0.1) is 12.4 Å². The Bertz CT molecular complexity index is 404. The summed E-state index contributed by atoms with van der Waals surface area (Å²) < 4.78 is 12.9. The molecule has 6 heteroatoms. The Morgan fingerprint density at radius 3 is 2.79 bits per heavy atom. The Balaban J connectivity index is 0.00000324. The second-order valence-electron chi connectivity index (χ2n) is 4.21. The predicted octanol–water partition coefficient (Wildman–Crippen LogP) is 1.52. The van der Waals surface area contributed by atoms with Crippen LogP contribution in [0.2, 0.25) is 0 Å². The summed E-state index contributed by atoms with van der Waals surface area (Å²) in [5.74, 6) is -0.715. The smallest absolute Gasteiger partial charge is 0.237 e. The Kier molecular flexibility index (Phi) is 8.30. The molecule has 1 aromatic rings. The van der Waals surface area contributed by atoms with Gasteiger partial charge in [0, 0.05) is 6.54 Å². The summed E-state index contributed by atoms with van der Waals surface area (Å²) in [5.41, 5.74) is 6.05. The average molecular weight is 291 g/mol. The summed E-state index contributed by atoms with van der Waals surface area (Å²) in [7, 11) is 0. The fraction of sp³-hybridized carbons (Fsp3) is 0.462. The molecule has 0 aliphatic rings. The zero-order valence-corrected chi connectivity index (χ0v) is 11.6. The predicted molar refractivity (Wildman–Crippen MR) is 74.5 cm³/mol. The van der Waals surface area contributed by atoms with E-state index in [0.29, 0.717) is 12.0 Å². The van der Waals surface area contributed by atoms with E-state index in [1.807, 2.05) is 6.92 Å². The van der Waals surface area contributed by atoms with Gasteiger partial charge in [-0.3, -0.25) is 4.79 Å². The van der Waals surface area contributed by atoms with Crippen LogP contribution in [0.15, 0.2) is 24.3 Å². The Labute approximate surface area is 118 Å². The molecule has 0 saturated heterocycles. The maximum Gasteiger partial charge on any atom is 0.237 e. The number of hydrogen-bond donors (Lipinski definition) is 3. The van der Waals surface area contributed by atoms with Gasteiger partial charge in [-0.1, -0.05) is 25.5 Å². The molecule has 1 amide bonds. The van der Waals surface area contributed by atoms with Crippen LogP contribution in [0.1, 0.15) is 31.4 Å². The third-order valence-corrected chi connectivity index (χ3v) is 2.64. The normalized spacial score (nSPS) is 13.3. The van der Waals surface area contributed by atoms with Crippen molar-refractivity contribution in [1.82, 2.24) is 5.32 Å². The Morgan fingerprint density at radius 1 is 1.53 bits per heavy atom. The van der Waals surface area contributed by atoms with E-state index in [4.69, 9.17) is 5.73 Å². The molecule has 2 atom stereocenters. The van der Waals surface area contributed by atoms with Gasteiger partial charge in [0.2, 0.25) is 5.91 Å². The SMILES string of the molecule is CCCC(N)C(=O)NCC(O)c1cccc(F)c1.Cl. The van der Waals surface area contributed by atoms with E-state index < -0.39 is 18.0 Å². The van der Waals surface area contributed by atoms with Crippen LogP contribution in [0.25, 0.3) is 0 Å². The van der Waals surface area contributed by atoms with Gasteiger partial charge in [-0.25, -0.2) is 4.39 Å². The maximum atomic E-state index is 12.9. The quantitative estimate of drug-likeness (QED) is 0.744. The zero-order valence-electron chi connectivity index (χ0n) is 10.8. The molecule has 108 valence electrons. The summed E-state index contributed by atoms with van der Waals surface area (Å²) in [4.78, 5) is 11.5. The molecule has 0 heterocycles. The number of nitrogens with one attached hydrogen (secondary N) is 1. The van der Waals surface area contributed by atoms with Crippen molar-refractivity contribution in [1.29, 1.82) is 0 Å². The minimum atomic E-state index is -0.932. The molecule has 0 fully saturated rings. The number of halogens is 2. The van der Waals surface area contributed by atoms with Crippen LogP contribution in [0, 0.1) is 5.82 Å². The van der Waals surface area contributed by atoms with E-state index in [9.17, 15) is 14.3 Å². The van der Waals surface area contributed by atoms with E-state index in [1.165, 1.54) is 18.2 Å². The monoisotopic (exact) mass is 290 g/mol. The summed E-state index contributed by atoms with van der Waals surface area (Å²) in [6, 6.07) is 5.09. The van der Waals surface area contributed by atoms with E-state index in [1.54, 1.807) is 6.07 Å². The lowest BCUT2D eigenvalue weighted by molar-refractivity contribution is -0.123. The standard InChI is InChI=1S/C13H19FN2O2.ClH/c1-2-4-11(15)13(18)16-8-12(17)9-5-3-6-10(14)7-9;/h3,5-7,11-12,17H,2,4,8,15H2,1H3,(H,16,18);1H. The van der Waals surface area contributed by atoms with Crippen LogP contribution in [0.4, 0.5) is 4.39 Å². The molecular formula is C13H20ClFN2O2. The van der Waals surface area contributed by atoms with Crippen LogP contribution < -0.4 is 11.1 Å². The minimum absolute atomic E-state index is 0. The number of rotatable bonds is 6. The van der Waals surface area contributed by atoms with Crippen molar-refractivity contribution in [3.05, 3.63) is 35.6 Å². The topological polar surface area (TPSA) is 75.4 Å². The molecule has 0 aliphatic carbocycles. The van der Waals surface area contributed by atoms with Crippen molar-refractivity contribution < 1.29 is 14.3 Å². The van der Waals surface area contributed by atoms with Crippen LogP contribution >= 0.6 is 12.4 Å². The van der Waals surface area contributed by atoms with Crippen LogP contribution in [-0.4, -0.2) is 23.6 Å². The summed E-state index contributed by atoms with van der Waals surface area (Å²) >= 11 is 0. The van der Waals surface area contributed by atoms with Crippen molar-refractivity contribution in [2.24, 2.45) is 5.73 Å². The van der Waals surface area contributed by atoms with Crippen LogP contribution in [0.5, 0.6) is 0 Å². The third kappa shape index (κ3) is 6.00. The summed E-state index contributed by atoms with van der Waals surface area (Å²) in [6.45, 7) is 1.97. The van der Waals surface area contributed by atoms with Crippen molar-refractivity contribution >= 4 is 18.3 Å². The van der Waals surface area contributed by atoms with E-state index in [0.717, 1.165) is 6.42 Å². The second-order valence-corrected chi connectivity index (χ2v) is 4.21. The van der Waals surface area contributed by atoms with Crippen molar-refractivity contribution in [3.63, 3.8) is 0 Å². The number of hydrogen-bond acceptors (Lipinski definition) is 3. The number of amides is 1. The molecule has 0 spiro atoms. The first-order valence-corrected chi connectivity index (χ1v) is 6.01. The van der Waals surface area contributed by atoms with Gasteiger partial charge in [0.15, 0.2) is 0 Å². The van der Waals surface area contributed by atoms with Gasteiger partial charge in [-0.2, -0.15) is 0 Å². The fourth-order valence-corrected chi connectivity index (χ4v) is 1.60. The summed E-state index contributed by atoms with van der Waals surface area (Å²) in [5, 5.41) is 12.3. The second kappa shape index (κ2) is 8.85. The van der Waals surface area contributed by atoms with Gasteiger partial charge < -0.3 is 16.2 Å². The number of benzene rings is 1. The number of carbonyl (C=O) groups is 1. The maximum absolute atomic E-state index is 12.9. The molecular weight excluding hydrogens is 271 g/mol. The van der Waals surface area contributed by atoms with Gasteiger partial charge >= 0.3 is 0 Å². The Hall–Kier alpha value is -1.17. The third-order valence-electron chi connectivity index (χ3n) is 2.64. The van der Waals surface area contributed by atoms with Crippen molar-refractivity contribution in [2.75, 3.05) is 6.54 Å². The molecule has 4 N–H and O–H groups in total.